The molecule has 0 aromatic rings. The average Bonchev–Trinajstić information content (AvgIpc) is 2.35. The van der Waals surface area contributed by atoms with Gasteiger partial charge in [-0.05, 0) is 20.8 Å². The fourth-order valence-corrected chi connectivity index (χ4v) is 2.37. The van der Waals surface area contributed by atoms with Crippen molar-refractivity contribution in [2.24, 2.45) is 5.92 Å². The Morgan fingerprint density at radius 3 is 2.33 bits per heavy atom. The van der Waals surface area contributed by atoms with Crippen molar-refractivity contribution in [1.82, 2.24) is 5.32 Å². The summed E-state index contributed by atoms with van der Waals surface area (Å²) in [5, 5.41) is 12.0. The predicted octanol–water partition coefficient (Wildman–Crippen LogP) is 1.11. The highest BCUT2D eigenvalue weighted by Gasteiger charge is 2.27. The molecule has 2 N–H and O–H groups in total. The number of hydrogen-bond donors (Lipinski definition) is 2. The van der Waals surface area contributed by atoms with Crippen molar-refractivity contribution in [3.8, 4) is 0 Å². The molecule has 0 aliphatic heterocycles. The normalized spacial score (nSPS) is 12.9. The van der Waals surface area contributed by atoms with Crippen LogP contribution < -0.4 is 5.32 Å². The molecule has 21 heavy (non-hydrogen) atoms. The van der Waals surface area contributed by atoms with Gasteiger partial charge in [-0.2, -0.15) is 0 Å². The molecule has 0 bridgehead atoms. The second kappa shape index (κ2) is 9.04. The lowest BCUT2D eigenvalue weighted by Crippen LogP contribution is -2.39. The summed E-state index contributed by atoms with van der Waals surface area (Å²) >= 11 is 0.998. The number of aliphatic hydroxyl groups is 1. The number of carbonyl (C=O) groups is 3. The number of ether oxygens (including phenoxy) is 1. The van der Waals surface area contributed by atoms with Crippen LogP contribution in [0.4, 0.5) is 0 Å². The number of carbonyl (C=O) groups excluding carboxylic acids is 3. The van der Waals surface area contributed by atoms with E-state index in [-0.39, 0.29) is 30.0 Å². The molecule has 0 rings (SSSR count). The third-order valence-corrected chi connectivity index (χ3v) is 3.61. The average molecular weight is 319 g/mol. The Morgan fingerprint density at radius 2 is 1.86 bits per heavy atom. The smallest absolute Gasteiger partial charge is 0.335 e. The summed E-state index contributed by atoms with van der Waals surface area (Å²) < 4.78 is 4.11. The number of amides is 1. The molecule has 0 saturated carbocycles. The van der Waals surface area contributed by atoms with E-state index < -0.39 is 16.8 Å². The zero-order chi connectivity index (χ0) is 16.6. The van der Waals surface area contributed by atoms with Gasteiger partial charge in [0, 0.05) is 17.2 Å². The first-order valence-electron chi connectivity index (χ1n) is 6.93. The van der Waals surface area contributed by atoms with Gasteiger partial charge in [0.05, 0.1) is 13.0 Å². The molecule has 1 atom stereocenters. The highest BCUT2D eigenvalue weighted by Crippen LogP contribution is 2.26. The number of aliphatic hydroxyl groups excluding tert-OH is 1. The summed E-state index contributed by atoms with van der Waals surface area (Å²) in [6, 6.07) is 0. The van der Waals surface area contributed by atoms with Crippen molar-refractivity contribution in [2.75, 3.05) is 13.2 Å². The fraction of sp³-hybridized carbons (Fsp3) is 0.786. The third kappa shape index (κ3) is 8.72. The molecule has 0 aliphatic rings. The van der Waals surface area contributed by atoms with Crippen LogP contribution in [0, 0.1) is 5.92 Å². The molecule has 1 unspecified atom stereocenters. The van der Waals surface area contributed by atoms with E-state index in [2.05, 4.69) is 10.1 Å². The van der Waals surface area contributed by atoms with Crippen LogP contribution in [0.15, 0.2) is 0 Å². The van der Waals surface area contributed by atoms with E-state index in [0.29, 0.717) is 6.54 Å². The summed E-state index contributed by atoms with van der Waals surface area (Å²) in [4.78, 5) is 34.6. The molecule has 0 aliphatic carbocycles. The van der Waals surface area contributed by atoms with Crippen LogP contribution in [0.3, 0.4) is 0 Å². The number of rotatable bonds is 8. The van der Waals surface area contributed by atoms with Gasteiger partial charge >= 0.3 is 5.97 Å². The summed E-state index contributed by atoms with van der Waals surface area (Å²) in [6.07, 6.45) is -1.74. The van der Waals surface area contributed by atoms with Gasteiger partial charge < -0.3 is 15.2 Å². The molecular weight excluding hydrogens is 294 g/mol. The molecule has 122 valence electrons. The first kappa shape index (κ1) is 19.9. The second-order valence-electron chi connectivity index (χ2n) is 5.58. The Bertz CT molecular complexity index is 382. The number of nitrogens with one attached hydrogen (secondary N) is 1. The Morgan fingerprint density at radius 1 is 1.29 bits per heavy atom. The molecule has 7 heteroatoms. The van der Waals surface area contributed by atoms with Crippen molar-refractivity contribution in [3.63, 3.8) is 0 Å². The fourth-order valence-electron chi connectivity index (χ4n) is 1.37. The Balaban J connectivity index is 4.29. The molecule has 0 aromatic carbocycles. The molecular formula is C14H25NO5S. The largest absolute Gasteiger partial charge is 0.464 e. The van der Waals surface area contributed by atoms with Crippen LogP contribution in [-0.4, -0.2) is 46.1 Å². The molecule has 0 spiro atoms. The summed E-state index contributed by atoms with van der Waals surface area (Å²) in [6.45, 7) is 9.31. The van der Waals surface area contributed by atoms with Crippen molar-refractivity contribution in [2.45, 2.75) is 51.9 Å². The highest BCUT2D eigenvalue weighted by atomic mass is 32.2. The van der Waals surface area contributed by atoms with Gasteiger partial charge in [0.25, 0.3) is 0 Å². The number of hydrogen-bond acceptors (Lipinski definition) is 6. The first-order valence-corrected chi connectivity index (χ1v) is 7.75. The minimum Gasteiger partial charge on any atom is -0.464 e. The molecule has 0 saturated heterocycles. The Hall–Kier alpha value is -1.08. The monoisotopic (exact) mass is 319 g/mol. The number of thioether (sulfide) groups is 1. The lowest BCUT2D eigenvalue weighted by molar-refractivity contribution is -0.154. The van der Waals surface area contributed by atoms with E-state index in [1.807, 2.05) is 13.8 Å². The second-order valence-corrected chi connectivity index (χ2v) is 7.34. The maximum Gasteiger partial charge on any atom is 0.335 e. The summed E-state index contributed by atoms with van der Waals surface area (Å²) in [5.74, 6) is -0.993. The molecule has 0 heterocycles. The molecule has 0 aromatic heterocycles. The minimum absolute atomic E-state index is 0.0808. The highest BCUT2D eigenvalue weighted by molar-refractivity contribution is 8.14. The van der Waals surface area contributed by atoms with Crippen LogP contribution >= 0.6 is 11.8 Å². The summed E-state index contributed by atoms with van der Waals surface area (Å²) in [7, 11) is 0. The lowest BCUT2D eigenvalue weighted by atomic mass is 10.1. The SMILES string of the molecule is CCOC(=O)C(O)CC(=O)SC(C)(C)CNC(=O)C(C)C. The van der Waals surface area contributed by atoms with Gasteiger partial charge in [-0.3, -0.25) is 9.59 Å². The van der Waals surface area contributed by atoms with Crippen LogP contribution in [0.25, 0.3) is 0 Å². The van der Waals surface area contributed by atoms with E-state index >= 15 is 0 Å². The maximum absolute atomic E-state index is 11.8. The van der Waals surface area contributed by atoms with E-state index in [4.69, 9.17) is 0 Å². The van der Waals surface area contributed by atoms with Crippen LogP contribution in [0.2, 0.25) is 0 Å². The first-order chi connectivity index (χ1) is 9.59. The van der Waals surface area contributed by atoms with Gasteiger partial charge in [-0.25, -0.2) is 4.79 Å². The maximum atomic E-state index is 11.8. The van der Waals surface area contributed by atoms with E-state index in [0.717, 1.165) is 11.8 Å². The van der Waals surface area contributed by atoms with Gasteiger partial charge in [-0.1, -0.05) is 25.6 Å². The van der Waals surface area contributed by atoms with Crippen molar-refractivity contribution >= 4 is 28.8 Å². The Kier molecular flexibility index (Phi) is 8.58. The van der Waals surface area contributed by atoms with Gasteiger partial charge in [0.2, 0.25) is 5.91 Å². The lowest BCUT2D eigenvalue weighted by Gasteiger charge is -2.24. The van der Waals surface area contributed by atoms with Crippen molar-refractivity contribution in [1.29, 1.82) is 0 Å². The van der Waals surface area contributed by atoms with Gasteiger partial charge in [-0.15, -0.1) is 0 Å². The number of esters is 1. The minimum atomic E-state index is -1.44. The molecule has 1 amide bonds. The molecule has 6 nitrogen and oxygen atoms in total. The topological polar surface area (TPSA) is 92.7 Å². The molecule has 0 fully saturated rings. The third-order valence-electron chi connectivity index (χ3n) is 2.52. The quantitative estimate of drug-likeness (QED) is 0.651. The van der Waals surface area contributed by atoms with E-state index in [1.54, 1.807) is 20.8 Å². The van der Waals surface area contributed by atoms with E-state index in [9.17, 15) is 19.5 Å². The molecule has 0 radical (unpaired) electrons. The van der Waals surface area contributed by atoms with E-state index in [1.165, 1.54) is 0 Å². The standard InChI is InChI=1S/C14H25NO5S/c1-6-20-13(19)10(16)7-11(17)21-14(4,5)8-15-12(18)9(2)3/h9-10,16H,6-8H2,1-5H3,(H,15,18). The zero-order valence-electron chi connectivity index (χ0n) is 13.3. The van der Waals surface area contributed by atoms with Crippen molar-refractivity contribution < 1.29 is 24.2 Å². The van der Waals surface area contributed by atoms with Crippen LogP contribution in [-0.2, 0) is 19.1 Å². The van der Waals surface area contributed by atoms with Crippen LogP contribution in [0.5, 0.6) is 0 Å². The van der Waals surface area contributed by atoms with Crippen LogP contribution in [0.1, 0.15) is 41.0 Å². The van der Waals surface area contributed by atoms with Gasteiger partial charge in [0.1, 0.15) is 0 Å². The summed E-state index contributed by atoms with van der Waals surface area (Å²) in [5.41, 5.74) is 0. The zero-order valence-corrected chi connectivity index (χ0v) is 14.1. The van der Waals surface area contributed by atoms with Crippen molar-refractivity contribution in [3.05, 3.63) is 0 Å². The Labute approximate surface area is 130 Å². The van der Waals surface area contributed by atoms with Gasteiger partial charge in [0.15, 0.2) is 11.2 Å². The predicted molar refractivity (Wildman–Crippen MR) is 81.8 cm³/mol.